The Morgan fingerprint density at radius 2 is 1.80 bits per heavy atom. The normalized spacial score (nSPS) is 14.0. The van der Waals surface area contributed by atoms with Crippen LogP contribution < -0.4 is 10.2 Å². The summed E-state index contributed by atoms with van der Waals surface area (Å²) in [6.07, 6.45) is 0.696. The maximum atomic E-state index is 12.9. The van der Waals surface area contributed by atoms with Crippen molar-refractivity contribution in [3.63, 3.8) is 0 Å². The summed E-state index contributed by atoms with van der Waals surface area (Å²) in [5.41, 5.74) is 2.30. The summed E-state index contributed by atoms with van der Waals surface area (Å²) in [5.74, 6) is -1.37. The average molecular weight is 427 g/mol. The minimum atomic E-state index is -0.651. The van der Waals surface area contributed by atoms with E-state index in [-0.39, 0.29) is 22.0 Å². The van der Waals surface area contributed by atoms with Crippen LogP contribution in [0.1, 0.15) is 49.0 Å². The maximum Gasteiger partial charge on any atom is 0.338 e. The molecule has 0 spiro atoms. The molecule has 1 aliphatic heterocycles. The third-order valence-electron chi connectivity index (χ3n) is 4.65. The Hall–Kier alpha value is -3.12. The van der Waals surface area contributed by atoms with Crippen molar-refractivity contribution in [2.24, 2.45) is 0 Å². The average Bonchev–Trinajstić information content (AvgIpc) is 2.95. The molecule has 1 heterocycles. The Kier molecular flexibility index (Phi) is 6.57. The van der Waals surface area contributed by atoms with Gasteiger partial charge >= 0.3 is 5.97 Å². The van der Waals surface area contributed by atoms with Gasteiger partial charge in [-0.1, -0.05) is 50.6 Å². The van der Waals surface area contributed by atoms with Crippen LogP contribution in [0.15, 0.2) is 59.3 Å². The summed E-state index contributed by atoms with van der Waals surface area (Å²) < 4.78 is 5.12. The topological polar surface area (TPSA) is 75.7 Å². The lowest BCUT2D eigenvalue weighted by Crippen LogP contribution is -2.32. The molecule has 0 saturated carbocycles. The smallest absolute Gasteiger partial charge is 0.338 e. The Morgan fingerprint density at radius 3 is 2.43 bits per heavy atom. The number of carbonyl (C=O) groups excluding carboxylic acids is 3. The van der Waals surface area contributed by atoms with Gasteiger partial charge in [-0.3, -0.25) is 9.59 Å². The third-order valence-corrected chi connectivity index (χ3v) is 5.00. The molecular formula is C23H23ClN2O4. The monoisotopic (exact) mass is 426 g/mol. The van der Waals surface area contributed by atoms with Gasteiger partial charge in [-0.25, -0.2) is 9.69 Å². The fraction of sp³-hybridized carbons (Fsp3) is 0.261. The molecule has 2 aromatic carbocycles. The van der Waals surface area contributed by atoms with Crippen molar-refractivity contribution >= 4 is 40.8 Å². The minimum Gasteiger partial charge on any atom is -0.462 e. The van der Waals surface area contributed by atoms with E-state index in [9.17, 15) is 14.4 Å². The molecule has 0 bridgehead atoms. The number of rotatable bonds is 7. The first-order valence-corrected chi connectivity index (χ1v) is 10.1. The van der Waals surface area contributed by atoms with Gasteiger partial charge in [0.25, 0.3) is 11.8 Å². The van der Waals surface area contributed by atoms with E-state index in [1.807, 2.05) is 31.2 Å². The fourth-order valence-electron chi connectivity index (χ4n) is 2.99. The largest absolute Gasteiger partial charge is 0.462 e. The van der Waals surface area contributed by atoms with E-state index in [1.165, 1.54) is 6.07 Å². The van der Waals surface area contributed by atoms with E-state index in [2.05, 4.69) is 19.2 Å². The highest BCUT2D eigenvalue weighted by molar-refractivity contribution is 6.53. The molecule has 0 fully saturated rings. The molecule has 1 N–H and O–H groups in total. The van der Waals surface area contributed by atoms with Crippen molar-refractivity contribution in [2.45, 2.75) is 33.1 Å². The second-order valence-electron chi connectivity index (χ2n) is 7.22. The van der Waals surface area contributed by atoms with Gasteiger partial charge in [0.2, 0.25) is 0 Å². The summed E-state index contributed by atoms with van der Waals surface area (Å²) in [6.45, 7) is 6.36. The van der Waals surface area contributed by atoms with Crippen molar-refractivity contribution < 1.29 is 19.1 Å². The summed E-state index contributed by atoms with van der Waals surface area (Å²) in [7, 11) is 0. The second-order valence-corrected chi connectivity index (χ2v) is 7.60. The zero-order valence-electron chi connectivity index (χ0n) is 17.1. The summed E-state index contributed by atoms with van der Waals surface area (Å²) in [5, 5.41) is 2.74. The van der Waals surface area contributed by atoms with Crippen molar-refractivity contribution in [2.75, 3.05) is 16.8 Å². The van der Waals surface area contributed by atoms with E-state index >= 15 is 0 Å². The molecular weight excluding hydrogens is 404 g/mol. The van der Waals surface area contributed by atoms with Gasteiger partial charge < -0.3 is 10.1 Å². The predicted octanol–water partition coefficient (Wildman–Crippen LogP) is 4.81. The lowest BCUT2D eigenvalue weighted by Gasteiger charge is -2.16. The van der Waals surface area contributed by atoms with E-state index < -0.39 is 17.8 Å². The highest BCUT2D eigenvalue weighted by atomic mass is 35.5. The second kappa shape index (κ2) is 9.13. The van der Waals surface area contributed by atoms with Crippen LogP contribution in [0.3, 0.4) is 0 Å². The van der Waals surface area contributed by atoms with Gasteiger partial charge in [0.05, 0.1) is 17.9 Å². The number of nitrogens with zero attached hydrogens (tertiary/aromatic N) is 1. The molecule has 2 amide bonds. The van der Waals surface area contributed by atoms with Crippen molar-refractivity contribution in [1.82, 2.24) is 0 Å². The Balaban J connectivity index is 1.82. The van der Waals surface area contributed by atoms with E-state index in [0.717, 1.165) is 10.5 Å². The number of imide groups is 1. The molecule has 1 aliphatic rings. The zero-order chi connectivity index (χ0) is 21.8. The number of halogens is 1. The highest BCUT2D eigenvalue weighted by Crippen LogP contribution is 2.31. The number of esters is 1. The molecule has 156 valence electrons. The SMILES string of the molecule is CCCOC(=O)c1cccc(N2C(=O)C(Cl)=C(Nc3ccc(C(C)C)cc3)C2=O)c1. The standard InChI is InChI=1S/C23H23ClN2O4/c1-4-12-30-23(29)16-6-5-7-18(13-16)26-21(27)19(24)20(22(26)28)25-17-10-8-15(9-11-17)14(2)3/h5-11,13-14,25H,4,12H2,1-3H3. The molecule has 7 heteroatoms. The van der Waals surface area contributed by atoms with E-state index in [1.54, 1.807) is 18.2 Å². The Morgan fingerprint density at radius 1 is 1.10 bits per heavy atom. The molecule has 0 atom stereocenters. The quantitative estimate of drug-likeness (QED) is 0.507. The number of hydrogen-bond acceptors (Lipinski definition) is 5. The van der Waals surface area contributed by atoms with Crippen molar-refractivity contribution in [3.8, 4) is 0 Å². The van der Waals surface area contributed by atoms with Gasteiger partial charge in [0, 0.05) is 5.69 Å². The molecule has 0 aromatic heterocycles. The number of ether oxygens (including phenoxy) is 1. The van der Waals surface area contributed by atoms with Crippen LogP contribution in [0.25, 0.3) is 0 Å². The van der Waals surface area contributed by atoms with Crippen LogP contribution >= 0.6 is 11.6 Å². The summed E-state index contributed by atoms with van der Waals surface area (Å²) in [6, 6.07) is 13.7. The van der Waals surface area contributed by atoms with Crippen molar-refractivity contribution in [3.05, 3.63) is 70.4 Å². The first kappa shape index (κ1) is 21.6. The summed E-state index contributed by atoms with van der Waals surface area (Å²) in [4.78, 5) is 38.7. The number of carbonyl (C=O) groups is 3. The van der Waals surface area contributed by atoms with Crippen LogP contribution in [0.2, 0.25) is 0 Å². The number of anilines is 2. The van der Waals surface area contributed by atoms with Crippen LogP contribution in [-0.2, 0) is 14.3 Å². The van der Waals surface area contributed by atoms with Crippen LogP contribution in [-0.4, -0.2) is 24.4 Å². The molecule has 3 rings (SSSR count). The lowest BCUT2D eigenvalue weighted by atomic mass is 10.0. The van der Waals surface area contributed by atoms with Crippen LogP contribution in [0.5, 0.6) is 0 Å². The van der Waals surface area contributed by atoms with Gasteiger partial charge in [0.1, 0.15) is 10.7 Å². The zero-order valence-corrected chi connectivity index (χ0v) is 17.8. The first-order chi connectivity index (χ1) is 14.3. The lowest BCUT2D eigenvalue weighted by molar-refractivity contribution is -0.120. The van der Waals surface area contributed by atoms with E-state index in [4.69, 9.17) is 16.3 Å². The third kappa shape index (κ3) is 4.39. The van der Waals surface area contributed by atoms with Crippen LogP contribution in [0, 0.1) is 0 Å². The first-order valence-electron chi connectivity index (χ1n) is 9.76. The van der Waals surface area contributed by atoms with Gasteiger partial charge in [-0.2, -0.15) is 0 Å². The maximum absolute atomic E-state index is 12.9. The number of benzene rings is 2. The molecule has 0 radical (unpaired) electrons. The molecule has 0 aliphatic carbocycles. The molecule has 0 saturated heterocycles. The molecule has 0 unspecified atom stereocenters. The number of hydrogen-bond donors (Lipinski definition) is 1. The van der Waals surface area contributed by atoms with Gasteiger partial charge in [-0.05, 0) is 48.2 Å². The number of amides is 2. The Bertz CT molecular complexity index is 1010. The highest BCUT2D eigenvalue weighted by Gasteiger charge is 2.39. The Labute approximate surface area is 180 Å². The number of nitrogens with one attached hydrogen (secondary N) is 1. The van der Waals surface area contributed by atoms with Crippen molar-refractivity contribution in [1.29, 1.82) is 0 Å². The van der Waals surface area contributed by atoms with Gasteiger partial charge in [0.15, 0.2) is 0 Å². The fourth-order valence-corrected chi connectivity index (χ4v) is 3.20. The van der Waals surface area contributed by atoms with E-state index in [0.29, 0.717) is 24.6 Å². The predicted molar refractivity (Wildman–Crippen MR) is 117 cm³/mol. The molecule has 30 heavy (non-hydrogen) atoms. The van der Waals surface area contributed by atoms with Crippen LogP contribution in [0.4, 0.5) is 11.4 Å². The molecule has 2 aromatic rings. The summed E-state index contributed by atoms with van der Waals surface area (Å²) >= 11 is 6.18. The van der Waals surface area contributed by atoms with Gasteiger partial charge in [-0.15, -0.1) is 0 Å². The molecule has 6 nitrogen and oxygen atoms in total. The minimum absolute atomic E-state index is 0.00192.